The number of fused-ring (bicyclic) bond motifs is 1. The summed E-state index contributed by atoms with van der Waals surface area (Å²) in [6.07, 6.45) is 0.478. The Morgan fingerprint density at radius 2 is 2.00 bits per heavy atom. The number of carbonyl (C=O) groups excluding carboxylic acids is 1. The summed E-state index contributed by atoms with van der Waals surface area (Å²) in [6, 6.07) is 1.58. The minimum Gasteiger partial charge on any atom is -0.481 e. The van der Waals surface area contributed by atoms with E-state index in [9.17, 15) is 14.7 Å². The number of aryl methyl sites for hydroxylation is 3. The van der Waals surface area contributed by atoms with Crippen LogP contribution >= 0.6 is 0 Å². The Kier molecular flexibility index (Phi) is 3.58. The van der Waals surface area contributed by atoms with E-state index in [4.69, 9.17) is 0 Å². The fourth-order valence-electron chi connectivity index (χ4n) is 3.38. The van der Waals surface area contributed by atoms with Gasteiger partial charge in [0.25, 0.3) is 5.91 Å². The molecule has 1 saturated heterocycles. The summed E-state index contributed by atoms with van der Waals surface area (Å²) in [5.74, 6) is -1.56. The summed E-state index contributed by atoms with van der Waals surface area (Å²) in [4.78, 5) is 30.3. The molecule has 1 fully saturated rings. The topological polar surface area (TPSA) is 87.8 Å². The number of carboxylic acid groups (broad SMARTS) is 1. The van der Waals surface area contributed by atoms with E-state index >= 15 is 0 Å². The van der Waals surface area contributed by atoms with Crippen LogP contribution in [0.15, 0.2) is 6.07 Å². The molecule has 1 amide bonds. The monoisotopic (exact) mass is 316 g/mol. The Morgan fingerprint density at radius 1 is 1.30 bits per heavy atom. The van der Waals surface area contributed by atoms with Crippen LogP contribution in [0.4, 0.5) is 0 Å². The second kappa shape index (κ2) is 5.33. The minimum absolute atomic E-state index is 0.189. The summed E-state index contributed by atoms with van der Waals surface area (Å²) in [5, 5.41) is 13.7. The van der Waals surface area contributed by atoms with Crippen molar-refractivity contribution in [3.8, 4) is 0 Å². The van der Waals surface area contributed by atoms with E-state index in [1.54, 1.807) is 23.3 Å². The molecule has 1 aliphatic heterocycles. The lowest BCUT2D eigenvalue weighted by atomic mass is 10.0. The van der Waals surface area contributed by atoms with Crippen molar-refractivity contribution in [3.05, 3.63) is 28.7 Å². The molecule has 2 aromatic rings. The molecule has 0 aromatic carbocycles. The smallest absolute Gasteiger partial charge is 0.308 e. The van der Waals surface area contributed by atoms with Crippen molar-refractivity contribution in [1.82, 2.24) is 19.5 Å². The van der Waals surface area contributed by atoms with Crippen molar-refractivity contribution in [3.63, 3.8) is 0 Å². The van der Waals surface area contributed by atoms with Gasteiger partial charge in [0.05, 0.1) is 11.6 Å². The molecule has 2 aromatic heterocycles. The SMILES string of the molecule is Cc1cc(C)n2nc(C)c(C(=O)N3CCC(C(=O)O)C3C)c2n1. The maximum absolute atomic E-state index is 13.0. The van der Waals surface area contributed by atoms with E-state index in [2.05, 4.69) is 10.1 Å². The van der Waals surface area contributed by atoms with Gasteiger partial charge in [0.2, 0.25) is 0 Å². The number of rotatable bonds is 2. The van der Waals surface area contributed by atoms with Gasteiger partial charge in [0.1, 0.15) is 5.56 Å². The van der Waals surface area contributed by atoms with Gasteiger partial charge in [-0.15, -0.1) is 0 Å². The van der Waals surface area contributed by atoms with Crippen LogP contribution in [0.25, 0.3) is 5.65 Å². The molecular weight excluding hydrogens is 296 g/mol. The molecule has 0 spiro atoms. The zero-order chi connectivity index (χ0) is 16.9. The third kappa shape index (κ3) is 2.36. The Morgan fingerprint density at radius 3 is 2.61 bits per heavy atom. The maximum atomic E-state index is 13.0. The van der Waals surface area contributed by atoms with E-state index in [0.717, 1.165) is 11.4 Å². The highest BCUT2D eigenvalue weighted by Crippen LogP contribution is 2.28. The van der Waals surface area contributed by atoms with E-state index in [-0.39, 0.29) is 11.9 Å². The molecule has 7 nitrogen and oxygen atoms in total. The third-order valence-corrected chi connectivity index (χ3v) is 4.62. The van der Waals surface area contributed by atoms with Gasteiger partial charge < -0.3 is 10.0 Å². The van der Waals surface area contributed by atoms with Crippen molar-refractivity contribution in [2.75, 3.05) is 6.54 Å². The Bertz CT molecular complexity index is 811. The van der Waals surface area contributed by atoms with Gasteiger partial charge in [0, 0.05) is 24.0 Å². The molecule has 2 atom stereocenters. The minimum atomic E-state index is -0.853. The van der Waals surface area contributed by atoms with Crippen LogP contribution in [0.1, 0.15) is 40.8 Å². The number of hydrogen-bond donors (Lipinski definition) is 1. The summed E-state index contributed by atoms with van der Waals surface area (Å²) in [7, 11) is 0. The quantitative estimate of drug-likeness (QED) is 0.909. The van der Waals surface area contributed by atoms with E-state index in [1.807, 2.05) is 19.9 Å². The highest BCUT2D eigenvalue weighted by Gasteiger charge is 2.39. The lowest BCUT2D eigenvalue weighted by Gasteiger charge is -2.23. The van der Waals surface area contributed by atoms with E-state index in [1.165, 1.54) is 0 Å². The predicted molar refractivity (Wildman–Crippen MR) is 83.4 cm³/mol. The molecule has 0 radical (unpaired) electrons. The number of amides is 1. The van der Waals surface area contributed by atoms with Gasteiger partial charge in [-0.05, 0) is 40.2 Å². The second-order valence-corrected chi connectivity index (χ2v) is 6.21. The lowest BCUT2D eigenvalue weighted by molar-refractivity contribution is -0.142. The van der Waals surface area contributed by atoms with Crippen LogP contribution < -0.4 is 0 Å². The zero-order valence-corrected chi connectivity index (χ0v) is 13.7. The Hall–Kier alpha value is -2.44. The molecule has 1 N–H and O–H groups in total. The highest BCUT2D eigenvalue weighted by molar-refractivity contribution is 6.01. The maximum Gasteiger partial charge on any atom is 0.308 e. The summed E-state index contributed by atoms with van der Waals surface area (Å²) >= 11 is 0. The number of aromatic nitrogens is 3. The molecular formula is C16H20N4O3. The van der Waals surface area contributed by atoms with Crippen molar-refractivity contribution in [1.29, 1.82) is 0 Å². The Labute approximate surface area is 133 Å². The summed E-state index contributed by atoms with van der Waals surface area (Å²) < 4.78 is 1.67. The van der Waals surface area contributed by atoms with Crippen molar-refractivity contribution >= 4 is 17.5 Å². The van der Waals surface area contributed by atoms with Gasteiger partial charge in [0.15, 0.2) is 5.65 Å². The van der Waals surface area contributed by atoms with Gasteiger partial charge in [-0.1, -0.05) is 0 Å². The van der Waals surface area contributed by atoms with Gasteiger partial charge in [-0.3, -0.25) is 9.59 Å². The van der Waals surface area contributed by atoms with Crippen LogP contribution in [0.3, 0.4) is 0 Å². The number of likely N-dealkylation sites (tertiary alicyclic amines) is 1. The van der Waals surface area contributed by atoms with Gasteiger partial charge >= 0.3 is 5.97 Å². The first-order valence-corrected chi connectivity index (χ1v) is 7.68. The van der Waals surface area contributed by atoms with Gasteiger partial charge in [-0.2, -0.15) is 5.10 Å². The number of hydrogen-bond acceptors (Lipinski definition) is 4. The molecule has 122 valence electrons. The van der Waals surface area contributed by atoms with Crippen molar-refractivity contribution < 1.29 is 14.7 Å². The van der Waals surface area contributed by atoms with Crippen LogP contribution in [-0.4, -0.2) is 49.1 Å². The summed E-state index contributed by atoms with van der Waals surface area (Å²) in [6.45, 7) is 7.81. The molecule has 0 bridgehead atoms. The molecule has 0 aliphatic carbocycles. The molecule has 3 rings (SSSR count). The molecule has 1 aliphatic rings. The van der Waals surface area contributed by atoms with Crippen LogP contribution in [0, 0.1) is 26.7 Å². The first kappa shape index (κ1) is 15.5. The largest absolute Gasteiger partial charge is 0.481 e. The zero-order valence-electron chi connectivity index (χ0n) is 13.7. The average Bonchev–Trinajstić information content (AvgIpc) is 2.98. The molecule has 2 unspecified atom stereocenters. The van der Waals surface area contributed by atoms with Gasteiger partial charge in [-0.25, -0.2) is 9.50 Å². The molecule has 7 heteroatoms. The molecule has 23 heavy (non-hydrogen) atoms. The number of nitrogens with zero attached hydrogens (tertiary/aromatic N) is 4. The van der Waals surface area contributed by atoms with E-state index < -0.39 is 11.9 Å². The van der Waals surface area contributed by atoms with Crippen molar-refractivity contribution in [2.24, 2.45) is 5.92 Å². The fraction of sp³-hybridized carbons (Fsp3) is 0.500. The predicted octanol–water partition coefficient (Wildman–Crippen LogP) is 1.59. The highest BCUT2D eigenvalue weighted by atomic mass is 16.4. The molecule has 3 heterocycles. The van der Waals surface area contributed by atoms with Crippen LogP contribution in [0.5, 0.6) is 0 Å². The normalized spacial score (nSPS) is 21.1. The first-order chi connectivity index (χ1) is 10.8. The lowest BCUT2D eigenvalue weighted by Crippen LogP contribution is -2.38. The third-order valence-electron chi connectivity index (χ3n) is 4.62. The molecule has 0 saturated carbocycles. The number of aliphatic carboxylic acids is 1. The summed E-state index contributed by atoms with van der Waals surface area (Å²) in [5.41, 5.74) is 3.35. The van der Waals surface area contributed by atoms with Crippen LogP contribution in [0.2, 0.25) is 0 Å². The fourth-order valence-corrected chi connectivity index (χ4v) is 3.38. The van der Waals surface area contributed by atoms with Crippen LogP contribution in [-0.2, 0) is 4.79 Å². The standard InChI is InChI=1S/C16H20N4O3/c1-8-7-9(2)20-14(17-8)13(10(3)18-20)15(21)19-6-5-12(11(19)4)16(22)23/h7,11-12H,5-6H2,1-4H3,(H,22,23). The number of carboxylic acids is 1. The van der Waals surface area contributed by atoms with E-state index in [0.29, 0.717) is 29.9 Å². The Balaban J connectivity index is 2.05. The number of carbonyl (C=O) groups is 2. The first-order valence-electron chi connectivity index (χ1n) is 7.68. The second-order valence-electron chi connectivity index (χ2n) is 6.21. The average molecular weight is 316 g/mol. The van der Waals surface area contributed by atoms with Crippen molar-refractivity contribution in [2.45, 2.75) is 40.2 Å².